The number of carboxylic acid groups (broad SMARTS) is 1. The van der Waals surface area contributed by atoms with E-state index in [9.17, 15) is 9.59 Å². The summed E-state index contributed by atoms with van der Waals surface area (Å²) in [6.07, 6.45) is 1.75. The molecule has 0 heterocycles. The molecule has 1 aromatic rings. The SMILES string of the molecule is COc1ccc(NC(=O)NC2(C(=O)O)CCC2)c(C)c1. The summed E-state index contributed by atoms with van der Waals surface area (Å²) >= 11 is 0. The lowest BCUT2D eigenvalue weighted by Gasteiger charge is -2.38. The minimum absolute atomic E-state index is 0.470. The van der Waals surface area contributed by atoms with Gasteiger partial charge in [-0.05, 0) is 49.9 Å². The van der Waals surface area contributed by atoms with Crippen LogP contribution in [-0.2, 0) is 4.79 Å². The summed E-state index contributed by atoms with van der Waals surface area (Å²) in [5.74, 6) is -0.278. The van der Waals surface area contributed by atoms with E-state index >= 15 is 0 Å². The van der Waals surface area contributed by atoms with Crippen LogP contribution in [0.3, 0.4) is 0 Å². The second-order valence-corrected chi connectivity index (χ2v) is 5.00. The highest BCUT2D eigenvalue weighted by molar-refractivity contribution is 5.94. The number of anilines is 1. The molecule has 2 amide bonds. The molecule has 0 saturated heterocycles. The van der Waals surface area contributed by atoms with Gasteiger partial charge in [0.15, 0.2) is 0 Å². The molecular formula is C14H18N2O4. The van der Waals surface area contributed by atoms with Crippen molar-refractivity contribution in [3.63, 3.8) is 0 Å². The molecule has 1 aliphatic rings. The molecule has 0 unspecified atom stereocenters. The smallest absolute Gasteiger partial charge is 0.329 e. The van der Waals surface area contributed by atoms with Gasteiger partial charge in [-0.2, -0.15) is 0 Å². The average Bonchev–Trinajstić information content (AvgIpc) is 2.35. The Kier molecular flexibility index (Phi) is 3.83. The zero-order valence-corrected chi connectivity index (χ0v) is 11.5. The quantitative estimate of drug-likeness (QED) is 0.787. The van der Waals surface area contributed by atoms with E-state index in [-0.39, 0.29) is 0 Å². The first-order chi connectivity index (χ1) is 9.47. The molecule has 0 aromatic heterocycles. The van der Waals surface area contributed by atoms with Gasteiger partial charge in [0.1, 0.15) is 11.3 Å². The predicted octanol–water partition coefficient (Wildman–Crippen LogP) is 2.13. The third kappa shape index (κ3) is 2.68. The fourth-order valence-corrected chi connectivity index (χ4v) is 2.20. The van der Waals surface area contributed by atoms with Crippen LogP contribution in [0.1, 0.15) is 24.8 Å². The Morgan fingerprint density at radius 2 is 2.05 bits per heavy atom. The molecule has 1 aliphatic carbocycles. The highest BCUT2D eigenvalue weighted by Crippen LogP contribution is 2.32. The van der Waals surface area contributed by atoms with E-state index in [1.807, 2.05) is 6.92 Å². The first-order valence-corrected chi connectivity index (χ1v) is 6.44. The van der Waals surface area contributed by atoms with Crippen molar-refractivity contribution >= 4 is 17.7 Å². The maximum absolute atomic E-state index is 11.9. The molecule has 20 heavy (non-hydrogen) atoms. The van der Waals surface area contributed by atoms with Crippen LogP contribution in [0.25, 0.3) is 0 Å². The van der Waals surface area contributed by atoms with Gasteiger partial charge in [-0.1, -0.05) is 0 Å². The van der Waals surface area contributed by atoms with Crippen molar-refractivity contribution in [2.24, 2.45) is 0 Å². The molecule has 3 N–H and O–H groups in total. The number of aryl methyl sites for hydroxylation is 1. The molecule has 1 saturated carbocycles. The number of methoxy groups -OCH3 is 1. The summed E-state index contributed by atoms with van der Waals surface area (Å²) in [4.78, 5) is 23.1. The van der Waals surface area contributed by atoms with Crippen LogP contribution in [0.2, 0.25) is 0 Å². The van der Waals surface area contributed by atoms with Crippen molar-refractivity contribution in [1.82, 2.24) is 5.32 Å². The molecule has 2 rings (SSSR count). The summed E-state index contributed by atoms with van der Waals surface area (Å²) in [5, 5.41) is 14.4. The van der Waals surface area contributed by atoms with Crippen molar-refractivity contribution in [3.05, 3.63) is 23.8 Å². The van der Waals surface area contributed by atoms with Crippen LogP contribution in [0.5, 0.6) is 5.75 Å². The standard InChI is InChI=1S/C14H18N2O4/c1-9-8-10(20-2)4-5-11(9)15-13(19)16-14(12(17)18)6-3-7-14/h4-5,8H,3,6-7H2,1-2H3,(H,17,18)(H2,15,16,19). The van der Waals surface area contributed by atoms with Gasteiger partial charge in [-0.3, -0.25) is 0 Å². The van der Waals surface area contributed by atoms with Crippen molar-refractivity contribution in [3.8, 4) is 5.75 Å². The zero-order chi connectivity index (χ0) is 14.8. The first-order valence-electron chi connectivity index (χ1n) is 6.44. The van der Waals surface area contributed by atoms with Crippen LogP contribution >= 0.6 is 0 Å². The molecule has 0 radical (unpaired) electrons. The number of nitrogens with one attached hydrogen (secondary N) is 2. The predicted molar refractivity (Wildman–Crippen MR) is 74.1 cm³/mol. The number of urea groups is 1. The molecule has 0 atom stereocenters. The second kappa shape index (κ2) is 5.40. The van der Waals surface area contributed by atoms with Crippen LogP contribution < -0.4 is 15.4 Å². The zero-order valence-electron chi connectivity index (χ0n) is 11.5. The first kappa shape index (κ1) is 14.2. The van der Waals surface area contributed by atoms with Gasteiger partial charge in [0.05, 0.1) is 7.11 Å². The van der Waals surface area contributed by atoms with E-state index in [1.165, 1.54) is 0 Å². The number of benzene rings is 1. The number of hydrogen-bond acceptors (Lipinski definition) is 3. The van der Waals surface area contributed by atoms with Crippen LogP contribution in [-0.4, -0.2) is 29.8 Å². The second-order valence-electron chi connectivity index (χ2n) is 5.00. The van der Waals surface area contributed by atoms with Gasteiger partial charge in [-0.15, -0.1) is 0 Å². The van der Waals surface area contributed by atoms with Gasteiger partial charge in [-0.25, -0.2) is 9.59 Å². The minimum atomic E-state index is -1.11. The topological polar surface area (TPSA) is 87.7 Å². The number of hydrogen-bond donors (Lipinski definition) is 3. The molecule has 0 aliphatic heterocycles. The van der Waals surface area contributed by atoms with Crippen LogP contribution in [0.15, 0.2) is 18.2 Å². The number of carbonyl (C=O) groups is 2. The summed E-state index contributed by atoms with van der Waals surface area (Å²) < 4.78 is 5.09. The van der Waals surface area contributed by atoms with Crippen molar-refractivity contribution in [2.45, 2.75) is 31.7 Å². The average molecular weight is 278 g/mol. The third-order valence-corrected chi connectivity index (χ3v) is 3.65. The molecular weight excluding hydrogens is 260 g/mol. The van der Waals surface area contributed by atoms with Gasteiger partial charge in [0.25, 0.3) is 0 Å². The Morgan fingerprint density at radius 1 is 1.35 bits per heavy atom. The summed E-state index contributed by atoms with van der Waals surface area (Å²) in [5.41, 5.74) is 0.366. The summed E-state index contributed by atoms with van der Waals surface area (Å²) in [7, 11) is 1.57. The van der Waals surface area contributed by atoms with Crippen molar-refractivity contribution in [2.75, 3.05) is 12.4 Å². The van der Waals surface area contributed by atoms with Crippen molar-refractivity contribution < 1.29 is 19.4 Å². The Bertz CT molecular complexity index is 538. The maximum atomic E-state index is 11.9. The molecule has 0 spiro atoms. The maximum Gasteiger partial charge on any atom is 0.329 e. The van der Waals surface area contributed by atoms with E-state index in [1.54, 1.807) is 25.3 Å². The van der Waals surface area contributed by atoms with E-state index in [2.05, 4.69) is 10.6 Å². The molecule has 1 aromatic carbocycles. The Morgan fingerprint density at radius 3 is 2.50 bits per heavy atom. The number of rotatable bonds is 4. The number of ether oxygens (including phenoxy) is 1. The van der Waals surface area contributed by atoms with Crippen LogP contribution in [0, 0.1) is 6.92 Å². The normalized spacial score (nSPS) is 15.9. The lowest BCUT2D eigenvalue weighted by molar-refractivity contribution is -0.148. The van der Waals surface area contributed by atoms with Crippen LogP contribution in [0.4, 0.5) is 10.5 Å². The van der Waals surface area contributed by atoms with Gasteiger partial charge < -0.3 is 20.5 Å². The van der Waals surface area contributed by atoms with Gasteiger partial charge >= 0.3 is 12.0 Å². The van der Waals surface area contributed by atoms with Gasteiger partial charge in [0.2, 0.25) is 0 Å². The highest BCUT2D eigenvalue weighted by atomic mass is 16.5. The highest BCUT2D eigenvalue weighted by Gasteiger charge is 2.45. The van der Waals surface area contributed by atoms with E-state index in [4.69, 9.17) is 9.84 Å². The van der Waals surface area contributed by atoms with E-state index in [0.717, 1.165) is 12.0 Å². The number of carbonyl (C=O) groups excluding carboxylic acids is 1. The number of carboxylic acids is 1. The monoisotopic (exact) mass is 278 g/mol. The largest absolute Gasteiger partial charge is 0.497 e. The Hall–Kier alpha value is -2.24. The fourth-order valence-electron chi connectivity index (χ4n) is 2.20. The molecule has 0 bridgehead atoms. The molecule has 6 heteroatoms. The molecule has 1 fully saturated rings. The Balaban J connectivity index is 2.03. The third-order valence-electron chi connectivity index (χ3n) is 3.65. The summed E-state index contributed by atoms with van der Waals surface area (Å²) in [6, 6.07) is 4.76. The Labute approximate surface area is 117 Å². The lowest BCUT2D eigenvalue weighted by atomic mass is 9.77. The fraction of sp³-hybridized carbons (Fsp3) is 0.429. The number of aliphatic carboxylic acids is 1. The van der Waals surface area contributed by atoms with Gasteiger partial charge in [0, 0.05) is 5.69 Å². The summed E-state index contributed by atoms with van der Waals surface area (Å²) in [6.45, 7) is 1.84. The van der Waals surface area contributed by atoms with E-state index in [0.29, 0.717) is 24.3 Å². The number of amides is 2. The lowest BCUT2D eigenvalue weighted by Crippen LogP contribution is -2.60. The van der Waals surface area contributed by atoms with E-state index < -0.39 is 17.5 Å². The minimum Gasteiger partial charge on any atom is -0.497 e. The van der Waals surface area contributed by atoms with Crippen molar-refractivity contribution in [1.29, 1.82) is 0 Å². The molecule has 108 valence electrons. The molecule has 6 nitrogen and oxygen atoms in total.